The highest BCUT2D eigenvalue weighted by Gasteiger charge is 2.47. The molecule has 2 fully saturated rings. The minimum absolute atomic E-state index is 0.287. The van der Waals surface area contributed by atoms with Crippen LogP contribution in [0, 0.1) is 11.8 Å². The molecule has 3 rings (SSSR count). The molecular weight excluding hydrogens is 354 g/mol. The van der Waals surface area contributed by atoms with Crippen molar-refractivity contribution in [2.75, 3.05) is 13.1 Å². The molecule has 2 aliphatic rings. The molecule has 0 amide bonds. The van der Waals surface area contributed by atoms with Crippen LogP contribution in [0.25, 0.3) is 0 Å². The summed E-state index contributed by atoms with van der Waals surface area (Å²) in [6, 6.07) is 10.1. The minimum Gasteiger partial charge on any atom is -0.481 e. The van der Waals surface area contributed by atoms with E-state index in [9.17, 15) is 9.90 Å². The average Bonchev–Trinajstić information content (AvgIpc) is 3.27. The molecular formula is C23H35NO4. The molecule has 0 spiro atoms. The Kier molecular flexibility index (Phi) is 8.31. The summed E-state index contributed by atoms with van der Waals surface area (Å²) in [5.74, 6) is 0.459. The molecule has 2 bridgehead atoms. The van der Waals surface area contributed by atoms with Gasteiger partial charge in [-0.25, -0.2) is 0 Å². The summed E-state index contributed by atoms with van der Waals surface area (Å²) in [6.07, 6.45) is 8.96. The lowest BCUT2D eigenvalue weighted by Gasteiger charge is -2.28. The van der Waals surface area contributed by atoms with Crippen molar-refractivity contribution in [1.29, 1.82) is 0 Å². The summed E-state index contributed by atoms with van der Waals surface area (Å²) in [4.78, 5) is 10.6. The Morgan fingerprint density at radius 1 is 1.07 bits per heavy atom. The maximum Gasteiger partial charge on any atom is 0.303 e. The molecule has 3 N–H and O–H groups in total. The zero-order chi connectivity index (χ0) is 19.8. The SMILES string of the molecule is O=C(O)CCCCCCC1C2CCC(O2)C1CNCC(O)Cc1ccccc1. The lowest BCUT2D eigenvalue weighted by molar-refractivity contribution is -0.137. The van der Waals surface area contributed by atoms with Crippen LogP contribution in [0.1, 0.15) is 56.9 Å². The van der Waals surface area contributed by atoms with Gasteiger partial charge >= 0.3 is 5.97 Å². The number of ether oxygens (including phenoxy) is 1. The van der Waals surface area contributed by atoms with Crippen LogP contribution in [-0.4, -0.2) is 47.6 Å². The van der Waals surface area contributed by atoms with Crippen LogP contribution in [0.3, 0.4) is 0 Å². The smallest absolute Gasteiger partial charge is 0.303 e. The van der Waals surface area contributed by atoms with Crippen molar-refractivity contribution in [2.24, 2.45) is 11.8 Å². The number of hydrogen-bond donors (Lipinski definition) is 3. The first-order valence-electron chi connectivity index (χ1n) is 10.9. The highest BCUT2D eigenvalue weighted by atomic mass is 16.5. The monoisotopic (exact) mass is 389 g/mol. The molecule has 0 radical (unpaired) electrons. The van der Waals surface area contributed by atoms with Crippen LogP contribution in [0.15, 0.2) is 30.3 Å². The predicted octanol–water partition coefficient (Wildman–Crippen LogP) is 3.40. The van der Waals surface area contributed by atoms with Crippen molar-refractivity contribution in [2.45, 2.75) is 76.1 Å². The molecule has 5 atom stereocenters. The highest BCUT2D eigenvalue weighted by Crippen LogP contribution is 2.45. The van der Waals surface area contributed by atoms with Gasteiger partial charge in [-0.3, -0.25) is 4.79 Å². The van der Waals surface area contributed by atoms with Gasteiger partial charge in [0.1, 0.15) is 0 Å². The molecule has 2 aliphatic heterocycles. The molecule has 0 saturated carbocycles. The molecule has 28 heavy (non-hydrogen) atoms. The molecule has 156 valence electrons. The second-order valence-electron chi connectivity index (χ2n) is 8.47. The number of nitrogens with one attached hydrogen (secondary N) is 1. The van der Waals surface area contributed by atoms with Crippen molar-refractivity contribution in [3.8, 4) is 0 Å². The molecule has 2 saturated heterocycles. The summed E-state index contributed by atoms with van der Waals surface area (Å²) < 4.78 is 6.18. The zero-order valence-corrected chi connectivity index (χ0v) is 16.8. The van der Waals surface area contributed by atoms with Gasteiger partial charge in [-0.15, -0.1) is 0 Å². The maximum atomic E-state index is 10.6. The van der Waals surface area contributed by atoms with E-state index in [0.717, 1.165) is 32.2 Å². The van der Waals surface area contributed by atoms with E-state index in [2.05, 4.69) is 17.4 Å². The van der Waals surface area contributed by atoms with Gasteiger partial charge in [-0.05, 0) is 43.6 Å². The van der Waals surface area contributed by atoms with Crippen molar-refractivity contribution < 1.29 is 19.7 Å². The van der Waals surface area contributed by atoms with E-state index in [0.29, 0.717) is 37.0 Å². The summed E-state index contributed by atoms with van der Waals surface area (Å²) in [5.41, 5.74) is 1.17. The number of aliphatic carboxylic acids is 1. The van der Waals surface area contributed by atoms with Crippen LogP contribution < -0.4 is 5.32 Å². The fourth-order valence-electron chi connectivity index (χ4n) is 4.94. The molecule has 1 aromatic carbocycles. The van der Waals surface area contributed by atoms with Gasteiger partial charge < -0.3 is 20.3 Å². The number of fused-ring (bicyclic) bond motifs is 2. The molecule has 0 aliphatic carbocycles. The van der Waals surface area contributed by atoms with Gasteiger partial charge in [-0.1, -0.05) is 49.6 Å². The summed E-state index contributed by atoms with van der Waals surface area (Å²) in [7, 11) is 0. The van der Waals surface area contributed by atoms with Crippen molar-refractivity contribution in [3.63, 3.8) is 0 Å². The summed E-state index contributed by atoms with van der Waals surface area (Å²) in [6.45, 7) is 1.53. The first-order chi connectivity index (χ1) is 13.6. The minimum atomic E-state index is -0.693. The normalized spacial score (nSPS) is 27.2. The third-order valence-electron chi connectivity index (χ3n) is 6.34. The van der Waals surface area contributed by atoms with Crippen LogP contribution in [0.4, 0.5) is 0 Å². The second-order valence-corrected chi connectivity index (χ2v) is 8.47. The Bertz CT molecular complexity index is 594. The lowest BCUT2D eigenvalue weighted by Crippen LogP contribution is -2.38. The lowest BCUT2D eigenvalue weighted by atomic mass is 9.76. The van der Waals surface area contributed by atoms with Gasteiger partial charge in [-0.2, -0.15) is 0 Å². The number of carboxylic acids is 1. The van der Waals surface area contributed by atoms with E-state index in [1.807, 2.05) is 18.2 Å². The number of carboxylic acid groups (broad SMARTS) is 1. The van der Waals surface area contributed by atoms with Gasteiger partial charge in [0.15, 0.2) is 0 Å². The topological polar surface area (TPSA) is 78.8 Å². The maximum absolute atomic E-state index is 10.6. The van der Waals surface area contributed by atoms with E-state index in [-0.39, 0.29) is 12.5 Å². The van der Waals surface area contributed by atoms with Gasteiger partial charge in [0.25, 0.3) is 0 Å². The van der Waals surface area contributed by atoms with E-state index in [1.54, 1.807) is 0 Å². The van der Waals surface area contributed by atoms with E-state index >= 15 is 0 Å². The molecule has 5 nitrogen and oxygen atoms in total. The number of rotatable bonds is 13. The third kappa shape index (κ3) is 6.29. The van der Waals surface area contributed by atoms with E-state index in [1.165, 1.54) is 24.8 Å². The zero-order valence-electron chi connectivity index (χ0n) is 16.8. The largest absolute Gasteiger partial charge is 0.481 e. The second kappa shape index (κ2) is 10.9. The van der Waals surface area contributed by atoms with Crippen molar-refractivity contribution in [1.82, 2.24) is 5.32 Å². The Labute approximate surface area is 168 Å². The average molecular weight is 390 g/mol. The predicted molar refractivity (Wildman–Crippen MR) is 109 cm³/mol. The Hall–Kier alpha value is -1.43. The van der Waals surface area contributed by atoms with Gasteiger partial charge in [0, 0.05) is 25.4 Å². The van der Waals surface area contributed by atoms with Crippen LogP contribution in [-0.2, 0) is 16.0 Å². The number of carbonyl (C=O) groups is 1. The highest BCUT2D eigenvalue weighted by molar-refractivity contribution is 5.66. The van der Waals surface area contributed by atoms with Crippen molar-refractivity contribution in [3.05, 3.63) is 35.9 Å². The Morgan fingerprint density at radius 3 is 2.54 bits per heavy atom. The summed E-state index contributed by atoms with van der Waals surface area (Å²) >= 11 is 0. The van der Waals surface area contributed by atoms with E-state index in [4.69, 9.17) is 9.84 Å². The van der Waals surface area contributed by atoms with Crippen LogP contribution >= 0.6 is 0 Å². The first kappa shape index (κ1) is 21.3. The van der Waals surface area contributed by atoms with E-state index < -0.39 is 5.97 Å². The van der Waals surface area contributed by atoms with Crippen molar-refractivity contribution >= 4 is 5.97 Å². The quantitative estimate of drug-likeness (QED) is 0.451. The molecule has 0 aromatic heterocycles. The molecule has 5 heteroatoms. The summed E-state index contributed by atoms with van der Waals surface area (Å²) in [5, 5.41) is 22.5. The number of aliphatic hydroxyl groups excluding tert-OH is 1. The molecule has 2 heterocycles. The first-order valence-corrected chi connectivity index (χ1v) is 10.9. The fraction of sp³-hybridized carbons (Fsp3) is 0.696. The molecule has 1 aromatic rings. The third-order valence-corrected chi connectivity index (χ3v) is 6.34. The number of unbranched alkanes of at least 4 members (excludes halogenated alkanes) is 3. The Balaban J connectivity index is 1.35. The van der Waals surface area contributed by atoms with Crippen LogP contribution in [0.2, 0.25) is 0 Å². The number of benzene rings is 1. The molecule has 5 unspecified atom stereocenters. The number of hydrogen-bond acceptors (Lipinski definition) is 4. The van der Waals surface area contributed by atoms with Crippen LogP contribution in [0.5, 0.6) is 0 Å². The number of aliphatic hydroxyl groups is 1. The van der Waals surface area contributed by atoms with Gasteiger partial charge in [0.05, 0.1) is 18.3 Å². The van der Waals surface area contributed by atoms with Gasteiger partial charge in [0.2, 0.25) is 0 Å². The Morgan fingerprint density at radius 2 is 1.79 bits per heavy atom. The fourth-order valence-corrected chi connectivity index (χ4v) is 4.94. The standard InChI is InChI=1S/C23H35NO4/c25-18(14-17-8-4-3-5-9-17)15-24-16-20-19(21-12-13-22(20)28-21)10-6-1-2-7-11-23(26)27/h3-5,8-9,18-22,24-25H,1-2,6-7,10-16H2,(H,26,27).